The van der Waals surface area contributed by atoms with E-state index in [0.29, 0.717) is 31.5 Å². The first kappa shape index (κ1) is 14.7. The van der Waals surface area contributed by atoms with Crippen LogP contribution in [0.5, 0.6) is 5.88 Å². The van der Waals surface area contributed by atoms with E-state index >= 15 is 0 Å². The number of ether oxygens (including phenoxy) is 2. The number of allylic oxidation sites excluding steroid dienone is 1. The summed E-state index contributed by atoms with van der Waals surface area (Å²) in [6.45, 7) is 2.74. The highest BCUT2D eigenvalue weighted by Crippen LogP contribution is 2.41. The van der Waals surface area contributed by atoms with Gasteiger partial charge in [0.05, 0.1) is 19.7 Å². The van der Waals surface area contributed by atoms with E-state index in [0.717, 1.165) is 37.9 Å². The molecule has 3 heterocycles. The lowest BCUT2D eigenvalue weighted by molar-refractivity contribution is -0.163. The third-order valence-electron chi connectivity index (χ3n) is 5.19. The fourth-order valence-electron chi connectivity index (χ4n) is 3.80. The van der Waals surface area contributed by atoms with Crippen LogP contribution < -0.4 is 4.74 Å². The highest BCUT2D eigenvalue weighted by atomic mass is 16.5. The van der Waals surface area contributed by atoms with Crippen LogP contribution >= 0.6 is 0 Å². The van der Waals surface area contributed by atoms with E-state index < -0.39 is 0 Å². The Morgan fingerprint density at radius 3 is 3.09 bits per heavy atom. The molecule has 5 heteroatoms. The topological polar surface area (TPSA) is 51.7 Å². The minimum atomic E-state index is -0.205. The van der Waals surface area contributed by atoms with Crippen molar-refractivity contribution in [3.63, 3.8) is 0 Å². The minimum Gasteiger partial charge on any atom is -0.477 e. The van der Waals surface area contributed by atoms with Crippen molar-refractivity contribution < 1.29 is 14.3 Å². The SMILES string of the molecule is O=C(C1=CCCC1)N1CC2(C1)OCC[C@H]2COc1ccccn1. The number of likely N-dealkylation sites (tertiary alicyclic amines) is 1. The van der Waals surface area contributed by atoms with Crippen molar-refractivity contribution in [2.45, 2.75) is 31.3 Å². The van der Waals surface area contributed by atoms with Gasteiger partial charge in [0.25, 0.3) is 0 Å². The van der Waals surface area contributed by atoms with E-state index in [1.54, 1.807) is 6.20 Å². The van der Waals surface area contributed by atoms with Gasteiger partial charge in [-0.25, -0.2) is 4.98 Å². The molecule has 2 aliphatic heterocycles. The van der Waals surface area contributed by atoms with E-state index in [4.69, 9.17) is 9.47 Å². The van der Waals surface area contributed by atoms with Crippen LogP contribution in [0.3, 0.4) is 0 Å². The number of nitrogens with zero attached hydrogens (tertiary/aromatic N) is 2. The first-order valence-corrected chi connectivity index (χ1v) is 8.43. The molecular formula is C18H22N2O3. The molecule has 3 aliphatic rings. The quantitative estimate of drug-likeness (QED) is 0.855. The Morgan fingerprint density at radius 2 is 2.35 bits per heavy atom. The van der Waals surface area contributed by atoms with Crippen molar-refractivity contribution in [1.29, 1.82) is 0 Å². The zero-order chi connectivity index (χ0) is 15.7. The predicted octanol–water partition coefficient (Wildman–Crippen LogP) is 2.19. The molecule has 0 unspecified atom stereocenters. The van der Waals surface area contributed by atoms with Crippen molar-refractivity contribution in [3.05, 3.63) is 36.0 Å². The summed E-state index contributed by atoms with van der Waals surface area (Å²) in [5.41, 5.74) is 0.781. The summed E-state index contributed by atoms with van der Waals surface area (Å²) in [7, 11) is 0. The molecule has 4 rings (SSSR count). The Hall–Kier alpha value is -1.88. The maximum Gasteiger partial charge on any atom is 0.249 e. The highest BCUT2D eigenvalue weighted by molar-refractivity contribution is 5.94. The molecule has 0 N–H and O–H groups in total. The first-order valence-electron chi connectivity index (χ1n) is 8.43. The Morgan fingerprint density at radius 1 is 1.43 bits per heavy atom. The summed E-state index contributed by atoms with van der Waals surface area (Å²) >= 11 is 0. The fourth-order valence-corrected chi connectivity index (χ4v) is 3.80. The van der Waals surface area contributed by atoms with Gasteiger partial charge < -0.3 is 14.4 Å². The number of rotatable bonds is 4. The van der Waals surface area contributed by atoms with Gasteiger partial charge in [-0.2, -0.15) is 0 Å². The smallest absolute Gasteiger partial charge is 0.249 e. The van der Waals surface area contributed by atoms with Gasteiger partial charge in [0.2, 0.25) is 11.8 Å². The summed E-state index contributed by atoms with van der Waals surface area (Å²) in [6, 6.07) is 5.66. The summed E-state index contributed by atoms with van der Waals surface area (Å²) in [6.07, 6.45) is 7.88. The van der Waals surface area contributed by atoms with Crippen molar-refractivity contribution >= 4 is 5.91 Å². The average Bonchev–Trinajstić information content (AvgIpc) is 3.21. The lowest BCUT2D eigenvalue weighted by atomic mass is 9.81. The first-order chi connectivity index (χ1) is 11.3. The number of carbonyl (C=O) groups is 1. The number of hydrogen-bond donors (Lipinski definition) is 0. The zero-order valence-electron chi connectivity index (χ0n) is 13.2. The second-order valence-corrected chi connectivity index (χ2v) is 6.66. The van der Waals surface area contributed by atoms with Crippen LogP contribution in [0.2, 0.25) is 0 Å². The lowest BCUT2D eigenvalue weighted by Crippen LogP contribution is -2.67. The van der Waals surface area contributed by atoms with Gasteiger partial charge >= 0.3 is 0 Å². The van der Waals surface area contributed by atoms with Crippen molar-refractivity contribution in [1.82, 2.24) is 9.88 Å². The number of carbonyl (C=O) groups excluding carboxylic acids is 1. The van der Waals surface area contributed by atoms with Crippen molar-refractivity contribution in [3.8, 4) is 5.88 Å². The van der Waals surface area contributed by atoms with Gasteiger partial charge in [-0.1, -0.05) is 12.1 Å². The number of aromatic nitrogens is 1. The summed E-state index contributed by atoms with van der Waals surface area (Å²) < 4.78 is 11.8. The fraction of sp³-hybridized carbons (Fsp3) is 0.556. The van der Waals surface area contributed by atoms with E-state index in [-0.39, 0.29) is 11.5 Å². The average molecular weight is 314 g/mol. The van der Waals surface area contributed by atoms with Crippen LogP contribution in [0.15, 0.2) is 36.0 Å². The molecule has 1 aromatic rings. The van der Waals surface area contributed by atoms with Crippen LogP contribution in [0.4, 0.5) is 0 Å². The molecule has 0 radical (unpaired) electrons. The van der Waals surface area contributed by atoms with E-state index in [9.17, 15) is 4.79 Å². The lowest BCUT2D eigenvalue weighted by Gasteiger charge is -2.50. The molecule has 1 amide bonds. The largest absolute Gasteiger partial charge is 0.477 e. The molecule has 23 heavy (non-hydrogen) atoms. The normalized spacial score (nSPS) is 25.3. The van der Waals surface area contributed by atoms with Gasteiger partial charge in [0.15, 0.2) is 0 Å². The second-order valence-electron chi connectivity index (χ2n) is 6.66. The van der Waals surface area contributed by atoms with Gasteiger partial charge in [0, 0.05) is 30.4 Å². The molecule has 1 atom stereocenters. The molecule has 1 aliphatic carbocycles. The Balaban J connectivity index is 1.34. The zero-order valence-corrected chi connectivity index (χ0v) is 13.2. The standard InChI is InChI=1S/C18H22N2O3/c21-17(14-5-1-2-6-14)20-12-18(13-20)15(8-10-23-18)11-22-16-7-3-4-9-19-16/h3-5,7,9,15H,1-2,6,8,10-13H2/t15-/m0/s1. The van der Waals surface area contributed by atoms with Crippen molar-refractivity contribution in [2.75, 3.05) is 26.3 Å². The van der Waals surface area contributed by atoms with Crippen LogP contribution in [0.25, 0.3) is 0 Å². The van der Waals surface area contributed by atoms with E-state index in [1.807, 2.05) is 23.1 Å². The molecule has 5 nitrogen and oxygen atoms in total. The monoisotopic (exact) mass is 314 g/mol. The predicted molar refractivity (Wildman–Crippen MR) is 85.0 cm³/mol. The van der Waals surface area contributed by atoms with Crippen LogP contribution in [-0.2, 0) is 9.53 Å². The highest BCUT2D eigenvalue weighted by Gasteiger charge is 2.55. The summed E-state index contributed by atoms with van der Waals surface area (Å²) in [4.78, 5) is 18.5. The van der Waals surface area contributed by atoms with Gasteiger partial charge in [0.1, 0.15) is 5.60 Å². The molecule has 0 bridgehead atoms. The molecule has 0 aromatic carbocycles. The van der Waals surface area contributed by atoms with E-state index in [2.05, 4.69) is 11.1 Å². The minimum absolute atomic E-state index is 0.202. The molecular weight excluding hydrogens is 292 g/mol. The van der Waals surface area contributed by atoms with Crippen LogP contribution in [0.1, 0.15) is 25.7 Å². The number of pyridine rings is 1. The van der Waals surface area contributed by atoms with Crippen LogP contribution in [-0.4, -0.2) is 47.7 Å². The Kier molecular flexibility index (Phi) is 3.81. The van der Waals surface area contributed by atoms with Gasteiger partial charge in [-0.3, -0.25) is 4.79 Å². The third-order valence-corrected chi connectivity index (χ3v) is 5.19. The molecule has 1 aromatic heterocycles. The van der Waals surface area contributed by atoms with E-state index in [1.165, 1.54) is 0 Å². The van der Waals surface area contributed by atoms with Crippen molar-refractivity contribution in [2.24, 2.45) is 5.92 Å². The third kappa shape index (κ3) is 2.74. The maximum absolute atomic E-state index is 12.4. The van der Waals surface area contributed by atoms with Crippen LogP contribution in [0, 0.1) is 5.92 Å². The summed E-state index contributed by atoms with van der Waals surface area (Å²) in [5, 5.41) is 0. The molecule has 122 valence electrons. The molecule has 2 saturated heterocycles. The molecule has 1 spiro atoms. The molecule has 2 fully saturated rings. The second kappa shape index (κ2) is 5.96. The Bertz CT molecular complexity index is 608. The maximum atomic E-state index is 12.4. The Labute approximate surface area is 136 Å². The number of amides is 1. The molecule has 0 saturated carbocycles. The number of hydrogen-bond acceptors (Lipinski definition) is 4. The van der Waals surface area contributed by atoms with Gasteiger partial charge in [-0.15, -0.1) is 0 Å². The summed E-state index contributed by atoms with van der Waals surface area (Å²) in [5.74, 6) is 1.18. The van der Waals surface area contributed by atoms with Gasteiger partial charge in [-0.05, 0) is 31.7 Å².